The highest BCUT2D eigenvalue weighted by Gasteiger charge is 2.55. The largest absolute Gasteiger partial charge is 0.505 e. The van der Waals surface area contributed by atoms with Gasteiger partial charge in [0.15, 0.2) is 11.5 Å². The molecule has 0 spiro atoms. The number of cyclic esters (lactones) is 1. The van der Waals surface area contributed by atoms with Crippen LogP contribution in [0.25, 0.3) is 0 Å². The van der Waals surface area contributed by atoms with Crippen molar-refractivity contribution in [3.63, 3.8) is 0 Å². The molecule has 2 aliphatic heterocycles. The molecule has 0 saturated carbocycles. The van der Waals surface area contributed by atoms with Crippen LogP contribution in [0.1, 0.15) is 12.8 Å². The number of hydrogen-bond acceptors (Lipinski definition) is 8. The standard InChI is InChI=1S/C11H15NO8/c13-4-11(19,8-6(14)7(15)10(18)20-8)12-3-1-2-5(12)9(16)17/h5,8,13-15,19H,1-4H2,(H,16,17)/t5?,8-,11-/m0/s1. The van der Waals surface area contributed by atoms with Crippen molar-refractivity contribution >= 4 is 11.9 Å². The Kier molecular flexibility index (Phi) is 3.59. The number of carbonyl (C=O) groups excluding carboxylic acids is 1. The fourth-order valence-electron chi connectivity index (χ4n) is 2.57. The smallest absolute Gasteiger partial charge is 0.378 e. The third-order valence-electron chi connectivity index (χ3n) is 3.60. The summed E-state index contributed by atoms with van der Waals surface area (Å²) in [5, 5.41) is 47.8. The lowest BCUT2D eigenvalue weighted by molar-refractivity contribution is -0.212. The van der Waals surface area contributed by atoms with E-state index in [1.165, 1.54) is 0 Å². The number of likely N-dealkylation sites (tertiary alicyclic amines) is 1. The van der Waals surface area contributed by atoms with Crippen molar-refractivity contribution in [2.75, 3.05) is 13.2 Å². The number of ether oxygens (including phenoxy) is 1. The number of rotatable bonds is 4. The van der Waals surface area contributed by atoms with E-state index in [1.807, 2.05) is 0 Å². The predicted octanol–water partition coefficient (Wildman–Crippen LogP) is -1.53. The molecular weight excluding hydrogens is 274 g/mol. The lowest BCUT2D eigenvalue weighted by Gasteiger charge is -2.40. The van der Waals surface area contributed by atoms with Crippen molar-refractivity contribution < 1.29 is 39.9 Å². The number of aliphatic hydroxyl groups excluding tert-OH is 3. The zero-order chi connectivity index (χ0) is 15.1. The number of hydrogen-bond donors (Lipinski definition) is 5. The van der Waals surface area contributed by atoms with Gasteiger partial charge in [0.25, 0.3) is 0 Å². The Bertz CT molecular complexity index is 475. The highest BCUT2D eigenvalue weighted by Crippen LogP contribution is 2.35. The van der Waals surface area contributed by atoms with Crippen LogP contribution in [0.15, 0.2) is 11.5 Å². The molecule has 9 nitrogen and oxygen atoms in total. The Morgan fingerprint density at radius 3 is 2.55 bits per heavy atom. The second-order valence-electron chi connectivity index (χ2n) is 4.75. The van der Waals surface area contributed by atoms with E-state index >= 15 is 0 Å². The van der Waals surface area contributed by atoms with Crippen LogP contribution < -0.4 is 0 Å². The van der Waals surface area contributed by atoms with Crippen molar-refractivity contribution in [3.05, 3.63) is 11.5 Å². The molecule has 0 aromatic carbocycles. The van der Waals surface area contributed by atoms with Crippen LogP contribution in [0.5, 0.6) is 0 Å². The van der Waals surface area contributed by atoms with Gasteiger partial charge in [-0.05, 0) is 12.8 Å². The lowest BCUT2D eigenvalue weighted by atomic mass is 10.0. The minimum Gasteiger partial charge on any atom is -0.505 e. The second-order valence-corrected chi connectivity index (χ2v) is 4.75. The first-order valence-corrected chi connectivity index (χ1v) is 5.98. The van der Waals surface area contributed by atoms with Crippen LogP contribution in [0.4, 0.5) is 0 Å². The molecule has 1 saturated heterocycles. The van der Waals surface area contributed by atoms with Crippen molar-refractivity contribution in [2.24, 2.45) is 0 Å². The zero-order valence-electron chi connectivity index (χ0n) is 10.4. The molecule has 112 valence electrons. The summed E-state index contributed by atoms with van der Waals surface area (Å²) in [6.07, 6.45) is -1.04. The number of carboxylic acids is 1. The van der Waals surface area contributed by atoms with Gasteiger partial charge in [-0.2, -0.15) is 0 Å². The minimum absolute atomic E-state index is 0.135. The fourth-order valence-corrected chi connectivity index (χ4v) is 2.57. The van der Waals surface area contributed by atoms with Gasteiger partial charge >= 0.3 is 11.9 Å². The van der Waals surface area contributed by atoms with Gasteiger partial charge in [0, 0.05) is 6.54 Å². The number of aliphatic carboxylic acids is 1. The molecular formula is C11H15NO8. The van der Waals surface area contributed by atoms with Gasteiger partial charge in [0.2, 0.25) is 11.9 Å². The molecule has 0 aliphatic carbocycles. The fraction of sp³-hybridized carbons (Fsp3) is 0.636. The molecule has 2 heterocycles. The van der Waals surface area contributed by atoms with Crippen molar-refractivity contribution in [2.45, 2.75) is 30.7 Å². The Morgan fingerprint density at radius 1 is 1.45 bits per heavy atom. The van der Waals surface area contributed by atoms with Crippen LogP contribution in [0.3, 0.4) is 0 Å². The summed E-state index contributed by atoms with van der Waals surface area (Å²) in [5.41, 5.74) is -2.32. The van der Waals surface area contributed by atoms with Gasteiger partial charge in [0.1, 0.15) is 6.04 Å². The molecule has 0 aromatic rings. The molecule has 0 radical (unpaired) electrons. The van der Waals surface area contributed by atoms with E-state index in [0.29, 0.717) is 6.42 Å². The summed E-state index contributed by atoms with van der Waals surface area (Å²) in [5.74, 6) is -4.44. The van der Waals surface area contributed by atoms with Crippen LogP contribution in [-0.2, 0) is 14.3 Å². The molecule has 0 aromatic heterocycles. The molecule has 0 bridgehead atoms. The number of carbonyl (C=O) groups is 2. The third-order valence-corrected chi connectivity index (χ3v) is 3.60. The monoisotopic (exact) mass is 289 g/mol. The molecule has 5 N–H and O–H groups in total. The molecule has 0 amide bonds. The average molecular weight is 289 g/mol. The Morgan fingerprint density at radius 2 is 2.10 bits per heavy atom. The molecule has 1 fully saturated rings. The molecule has 1 unspecified atom stereocenters. The topological polar surface area (TPSA) is 148 Å². The summed E-state index contributed by atoms with van der Waals surface area (Å²) in [7, 11) is 0. The summed E-state index contributed by atoms with van der Waals surface area (Å²) >= 11 is 0. The molecule has 2 rings (SSSR count). The highest BCUT2D eigenvalue weighted by atomic mass is 16.6. The number of esters is 1. The first kappa shape index (κ1) is 14.6. The zero-order valence-corrected chi connectivity index (χ0v) is 10.4. The molecule has 3 atom stereocenters. The van der Waals surface area contributed by atoms with Gasteiger partial charge in [-0.1, -0.05) is 0 Å². The van der Waals surface area contributed by atoms with Crippen molar-refractivity contribution in [1.29, 1.82) is 0 Å². The maximum Gasteiger partial charge on any atom is 0.378 e. The van der Waals surface area contributed by atoms with Gasteiger partial charge in [-0.3, -0.25) is 9.69 Å². The van der Waals surface area contributed by atoms with E-state index in [4.69, 9.17) is 5.11 Å². The normalized spacial score (nSPS) is 30.4. The second kappa shape index (κ2) is 4.93. The van der Waals surface area contributed by atoms with Crippen LogP contribution in [0.2, 0.25) is 0 Å². The van der Waals surface area contributed by atoms with E-state index in [1.54, 1.807) is 0 Å². The van der Waals surface area contributed by atoms with Crippen LogP contribution >= 0.6 is 0 Å². The first-order valence-electron chi connectivity index (χ1n) is 5.98. The quantitative estimate of drug-likeness (QED) is 0.388. The van der Waals surface area contributed by atoms with E-state index < -0.39 is 47.9 Å². The Hall–Kier alpha value is -1.84. The number of aliphatic hydroxyl groups is 4. The third kappa shape index (κ3) is 1.99. The highest BCUT2D eigenvalue weighted by molar-refractivity contribution is 5.89. The van der Waals surface area contributed by atoms with Gasteiger partial charge in [-0.15, -0.1) is 0 Å². The summed E-state index contributed by atoms with van der Waals surface area (Å²) in [4.78, 5) is 23.3. The maximum atomic E-state index is 11.2. The Labute approximate surface area is 113 Å². The van der Waals surface area contributed by atoms with Crippen LogP contribution in [0, 0.1) is 0 Å². The van der Waals surface area contributed by atoms with Crippen molar-refractivity contribution in [3.8, 4) is 0 Å². The van der Waals surface area contributed by atoms with E-state index in [9.17, 15) is 30.0 Å². The van der Waals surface area contributed by atoms with Crippen molar-refractivity contribution in [1.82, 2.24) is 4.90 Å². The Balaban J connectivity index is 2.35. The average Bonchev–Trinajstić information content (AvgIpc) is 3.00. The first-order chi connectivity index (χ1) is 9.32. The summed E-state index contributed by atoms with van der Waals surface area (Å²) < 4.78 is 4.62. The van der Waals surface area contributed by atoms with E-state index in [-0.39, 0.29) is 13.0 Å². The van der Waals surface area contributed by atoms with E-state index in [2.05, 4.69) is 4.74 Å². The maximum absolute atomic E-state index is 11.2. The molecule has 20 heavy (non-hydrogen) atoms. The number of carboxylic acid groups (broad SMARTS) is 1. The van der Waals surface area contributed by atoms with Crippen LogP contribution in [-0.4, -0.2) is 73.4 Å². The molecule has 2 aliphatic rings. The van der Waals surface area contributed by atoms with E-state index in [0.717, 1.165) is 4.90 Å². The lowest BCUT2D eigenvalue weighted by Crippen LogP contribution is -2.62. The minimum atomic E-state index is -2.32. The molecule has 9 heteroatoms. The summed E-state index contributed by atoms with van der Waals surface area (Å²) in [6, 6.07) is -1.08. The predicted molar refractivity (Wildman–Crippen MR) is 61.6 cm³/mol. The number of nitrogens with zero attached hydrogens (tertiary/aromatic N) is 1. The summed E-state index contributed by atoms with van der Waals surface area (Å²) in [6.45, 7) is -0.845. The van der Waals surface area contributed by atoms with Gasteiger partial charge in [0.05, 0.1) is 6.61 Å². The van der Waals surface area contributed by atoms with Gasteiger partial charge < -0.3 is 30.3 Å². The van der Waals surface area contributed by atoms with Gasteiger partial charge in [-0.25, -0.2) is 4.79 Å². The SMILES string of the molecule is O=C1O[C@H]([C@@](O)(CO)N2CCCC2C(=O)O)C(O)=C1O.